The molecule has 2 fully saturated rings. The van der Waals surface area contributed by atoms with Crippen LogP contribution in [0.25, 0.3) is 0 Å². The molecular formula is C17H17F3N4O2. The highest BCUT2D eigenvalue weighted by atomic mass is 19.4. The number of aromatic nitrogens is 3. The molecule has 138 valence electrons. The second-order valence-corrected chi connectivity index (χ2v) is 7.03. The van der Waals surface area contributed by atoms with Gasteiger partial charge in [0.2, 0.25) is 5.88 Å². The van der Waals surface area contributed by atoms with Gasteiger partial charge in [-0.05, 0) is 36.5 Å². The standard InChI is InChI=1S/C17H17F3N4O2/c18-17(19,20)26-14-4-3-13(22-23-14)24-9-16(10-24)6-12(7-16)15(25)11-2-1-5-21-8-11/h1-5,8,12,15,25H,6-7,9-10H2/t15-/m1/s1. The minimum Gasteiger partial charge on any atom is -0.388 e. The molecule has 1 saturated heterocycles. The van der Waals surface area contributed by atoms with E-state index in [4.69, 9.17) is 0 Å². The summed E-state index contributed by atoms with van der Waals surface area (Å²) in [5.41, 5.74) is 0.978. The lowest BCUT2D eigenvalue weighted by atomic mass is 9.56. The summed E-state index contributed by atoms with van der Waals surface area (Å²) in [6.07, 6.45) is -0.114. The van der Waals surface area contributed by atoms with Crippen LogP contribution in [0.2, 0.25) is 0 Å². The molecule has 4 rings (SSSR count). The number of aliphatic hydroxyl groups is 1. The van der Waals surface area contributed by atoms with Gasteiger partial charge in [0.1, 0.15) is 0 Å². The maximum absolute atomic E-state index is 12.1. The number of hydrogen-bond acceptors (Lipinski definition) is 6. The number of ether oxygens (including phenoxy) is 1. The number of halogens is 3. The highest BCUT2D eigenvalue weighted by Crippen LogP contribution is 2.56. The van der Waals surface area contributed by atoms with Crippen molar-refractivity contribution >= 4 is 5.82 Å². The van der Waals surface area contributed by atoms with Gasteiger partial charge in [0.15, 0.2) is 5.82 Å². The Morgan fingerprint density at radius 3 is 2.54 bits per heavy atom. The molecule has 0 amide bonds. The second kappa shape index (κ2) is 6.08. The fourth-order valence-corrected chi connectivity index (χ4v) is 3.94. The number of hydrogen-bond donors (Lipinski definition) is 1. The van der Waals surface area contributed by atoms with Gasteiger partial charge in [-0.15, -0.1) is 23.4 Å². The molecule has 1 aliphatic carbocycles. The number of aliphatic hydroxyl groups excluding tert-OH is 1. The molecule has 2 aromatic rings. The lowest BCUT2D eigenvalue weighted by molar-refractivity contribution is -0.276. The van der Waals surface area contributed by atoms with Crippen LogP contribution >= 0.6 is 0 Å². The summed E-state index contributed by atoms with van der Waals surface area (Å²) in [5, 5.41) is 17.7. The maximum Gasteiger partial charge on any atom is 0.574 e. The van der Waals surface area contributed by atoms with Crippen molar-refractivity contribution in [3.8, 4) is 5.88 Å². The number of pyridine rings is 1. The van der Waals surface area contributed by atoms with Crippen LogP contribution in [0.1, 0.15) is 24.5 Å². The lowest BCUT2D eigenvalue weighted by Crippen LogP contribution is -2.63. The van der Waals surface area contributed by atoms with Crippen LogP contribution < -0.4 is 9.64 Å². The molecular weight excluding hydrogens is 349 g/mol. The van der Waals surface area contributed by atoms with Crippen molar-refractivity contribution < 1.29 is 23.0 Å². The van der Waals surface area contributed by atoms with Crippen molar-refractivity contribution in [2.45, 2.75) is 25.3 Å². The van der Waals surface area contributed by atoms with Gasteiger partial charge in [0.25, 0.3) is 0 Å². The van der Waals surface area contributed by atoms with E-state index in [2.05, 4.69) is 19.9 Å². The Hall–Kier alpha value is -2.42. The zero-order valence-electron chi connectivity index (χ0n) is 13.7. The molecule has 1 aliphatic heterocycles. The molecule has 3 heterocycles. The second-order valence-electron chi connectivity index (χ2n) is 7.03. The van der Waals surface area contributed by atoms with Crippen LogP contribution in [0.3, 0.4) is 0 Å². The van der Waals surface area contributed by atoms with Crippen LogP contribution in [-0.4, -0.2) is 39.7 Å². The number of rotatable bonds is 4. The van der Waals surface area contributed by atoms with Crippen LogP contribution in [0.5, 0.6) is 5.88 Å². The van der Waals surface area contributed by atoms with Crippen LogP contribution in [0.15, 0.2) is 36.7 Å². The number of alkyl halides is 3. The Morgan fingerprint density at radius 2 is 1.96 bits per heavy atom. The van der Waals surface area contributed by atoms with E-state index in [0.29, 0.717) is 5.82 Å². The van der Waals surface area contributed by atoms with E-state index in [9.17, 15) is 18.3 Å². The molecule has 0 bridgehead atoms. The summed E-state index contributed by atoms with van der Waals surface area (Å²) in [7, 11) is 0. The Kier molecular flexibility index (Phi) is 3.98. The first-order valence-electron chi connectivity index (χ1n) is 8.26. The van der Waals surface area contributed by atoms with Gasteiger partial charge in [-0.1, -0.05) is 6.07 Å². The van der Waals surface area contributed by atoms with Crippen molar-refractivity contribution in [1.82, 2.24) is 15.2 Å². The fraction of sp³-hybridized carbons (Fsp3) is 0.471. The topological polar surface area (TPSA) is 71.4 Å². The lowest BCUT2D eigenvalue weighted by Gasteiger charge is -2.60. The van der Waals surface area contributed by atoms with Gasteiger partial charge in [0, 0.05) is 37.0 Å². The Labute approximate surface area is 147 Å². The fourth-order valence-electron chi connectivity index (χ4n) is 3.94. The predicted octanol–water partition coefficient (Wildman–Crippen LogP) is 2.72. The van der Waals surface area contributed by atoms with Gasteiger partial charge >= 0.3 is 6.36 Å². The quantitative estimate of drug-likeness (QED) is 0.897. The molecule has 0 radical (unpaired) electrons. The minimum atomic E-state index is -4.77. The van der Waals surface area contributed by atoms with Gasteiger partial charge in [-0.3, -0.25) is 4.98 Å². The van der Waals surface area contributed by atoms with Gasteiger partial charge < -0.3 is 14.7 Å². The predicted molar refractivity (Wildman–Crippen MR) is 85.3 cm³/mol. The van der Waals surface area contributed by atoms with E-state index < -0.39 is 18.3 Å². The average molecular weight is 366 g/mol. The molecule has 2 aromatic heterocycles. The highest BCUT2D eigenvalue weighted by molar-refractivity contribution is 5.44. The van der Waals surface area contributed by atoms with E-state index in [1.165, 1.54) is 6.07 Å². The van der Waals surface area contributed by atoms with Gasteiger partial charge in [0.05, 0.1) is 6.10 Å². The van der Waals surface area contributed by atoms with Crippen molar-refractivity contribution in [3.63, 3.8) is 0 Å². The van der Waals surface area contributed by atoms with Crippen molar-refractivity contribution in [3.05, 3.63) is 42.2 Å². The monoisotopic (exact) mass is 366 g/mol. The molecule has 6 nitrogen and oxygen atoms in total. The van der Waals surface area contributed by atoms with Crippen LogP contribution in [0.4, 0.5) is 19.0 Å². The Balaban J connectivity index is 1.30. The Bertz CT molecular complexity index is 756. The smallest absolute Gasteiger partial charge is 0.388 e. The maximum atomic E-state index is 12.1. The first-order chi connectivity index (χ1) is 12.3. The minimum absolute atomic E-state index is 0.149. The first-order valence-corrected chi connectivity index (χ1v) is 8.26. The summed E-state index contributed by atoms with van der Waals surface area (Å²) in [6, 6.07) is 6.32. The number of nitrogens with zero attached hydrogens (tertiary/aromatic N) is 4. The van der Waals surface area contributed by atoms with Crippen molar-refractivity contribution in [2.24, 2.45) is 11.3 Å². The summed E-state index contributed by atoms with van der Waals surface area (Å²) < 4.78 is 40.1. The molecule has 1 spiro atoms. The first kappa shape index (κ1) is 17.0. The van der Waals surface area contributed by atoms with E-state index >= 15 is 0 Å². The van der Waals surface area contributed by atoms with E-state index in [-0.39, 0.29) is 11.3 Å². The van der Waals surface area contributed by atoms with Gasteiger partial charge in [-0.25, -0.2) is 0 Å². The molecule has 1 N–H and O–H groups in total. The third kappa shape index (κ3) is 3.31. The Morgan fingerprint density at radius 1 is 1.19 bits per heavy atom. The molecule has 0 unspecified atom stereocenters. The third-order valence-electron chi connectivity index (χ3n) is 5.09. The van der Waals surface area contributed by atoms with Gasteiger partial charge in [-0.2, -0.15) is 0 Å². The SMILES string of the molecule is O[C@H](c1cccnc1)C1CC2(C1)CN(c1ccc(OC(F)(F)F)nn1)C2. The summed E-state index contributed by atoms with van der Waals surface area (Å²) in [5.74, 6) is 0.163. The van der Waals surface area contributed by atoms with E-state index in [1.807, 2.05) is 17.0 Å². The van der Waals surface area contributed by atoms with E-state index in [1.54, 1.807) is 12.4 Å². The van der Waals surface area contributed by atoms with Crippen LogP contribution in [0, 0.1) is 11.3 Å². The normalized spacial score (nSPS) is 20.4. The molecule has 0 aromatic carbocycles. The largest absolute Gasteiger partial charge is 0.574 e. The van der Waals surface area contributed by atoms with Crippen molar-refractivity contribution in [1.29, 1.82) is 0 Å². The molecule has 9 heteroatoms. The average Bonchev–Trinajstić information content (AvgIpc) is 2.53. The zero-order chi connectivity index (χ0) is 18.4. The third-order valence-corrected chi connectivity index (χ3v) is 5.09. The number of anilines is 1. The van der Waals surface area contributed by atoms with E-state index in [0.717, 1.165) is 37.6 Å². The molecule has 26 heavy (non-hydrogen) atoms. The molecule has 2 aliphatic rings. The summed E-state index contributed by atoms with van der Waals surface area (Å²) in [4.78, 5) is 6.00. The molecule has 1 atom stereocenters. The molecule has 1 saturated carbocycles. The summed E-state index contributed by atoms with van der Waals surface area (Å²) in [6.45, 7) is 1.52. The van der Waals surface area contributed by atoms with Crippen LogP contribution in [-0.2, 0) is 0 Å². The summed E-state index contributed by atoms with van der Waals surface area (Å²) >= 11 is 0. The van der Waals surface area contributed by atoms with Crippen molar-refractivity contribution in [2.75, 3.05) is 18.0 Å². The zero-order valence-corrected chi connectivity index (χ0v) is 13.7. The highest BCUT2D eigenvalue weighted by Gasteiger charge is 2.54.